The third-order valence-electron chi connectivity index (χ3n) is 4.05. The molecule has 0 fully saturated rings. The van der Waals surface area contributed by atoms with Crippen molar-refractivity contribution in [2.75, 3.05) is 21.3 Å². The predicted molar refractivity (Wildman–Crippen MR) is 97.1 cm³/mol. The summed E-state index contributed by atoms with van der Waals surface area (Å²) in [5.74, 6) is 1.10. The van der Waals surface area contributed by atoms with Gasteiger partial charge in [-0.05, 0) is 35.9 Å². The second-order valence-electron chi connectivity index (χ2n) is 5.74. The summed E-state index contributed by atoms with van der Waals surface area (Å²) in [4.78, 5) is 16.6. The van der Waals surface area contributed by atoms with E-state index in [2.05, 4.69) is 9.97 Å². The third kappa shape index (κ3) is 3.31. The lowest BCUT2D eigenvalue weighted by Crippen LogP contribution is -2.26. The zero-order valence-corrected chi connectivity index (χ0v) is 15.4. The molecular weight excluding hydrogens is 358 g/mol. The van der Waals surface area contributed by atoms with Crippen LogP contribution in [0.5, 0.6) is 11.5 Å². The van der Waals surface area contributed by atoms with Crippen molar-refractivity contribution in [2.24, 2.45) is 0 Å². The second kappa shape index (κ2) is 6.85. The molecule has 3 aromatic rings. The molecule has 0 spiro atoms. The standard InChI is InChI=1S/C17H19N3O5S/c1-20(10-11-4-7-15(24-2)16(8-11)25-3)26(22,23)12-5-6-13-14(9-12)19-17(21)18-13/h4-9H,10H2,1-3H3,(H2,18,19,21). The summed E-state index contributed by atoms with van der Waals surface area (Å²) in [5, 5.41) is 0. The first-order chi connectivity index (χ1) is 12.3. The van der Waals surface area contributed by atoms with Gasteiger partial charge in [-0.25, -0.2) is 13.2 Å². The number of rotatable bonds is 6. The van der Waals surface area contributed by atoms with E-state index in [0.29, 0.717) is 22.5 Å². The summed E-state index contributed by atoms with van der Waals surface area (Å²) in [5.41, 5.74) is 1.37. The van der Waals surface area contributed by atoms with Gasteiger partial charge in [-0.3, -0.25) is 0 Å². The van der Waals surface area contributed by atoms with Crippen molar-refractivity contribution in [3.05, 3.63) is 52.4 Å². The molecule has 8 nitrogen and oxygen atoms in total. The van der Waals surface area contributed by atoms with Crippen LogP contribution in [0.15, 0.2) is 46.1 Å². The first-order valence-corrected chi connectivity index (χ1v) is 9.18. The van der Waals surface area contributed by atoms with E-state index < -0.39 is 10.0 Å². The van der Waals surface area contributed by atoms with Crippen molar-refractivity contribution in [1.82, 2.24) is 14.3 Å². The van der Waals surface area contributed by atoms with Gasteiger partial charge in [0.05, 0.1) is 30.1 Å². The van der Waals surface area contributed by atoms with Crippen molar-refractivity contribution < 1.29 is 17.9 Å². The molecule has 0 bridgehead atoms. The maximum atomic E-state index is 12.8. The number of ether oxygens (including phenoxy) is 2. The van der Waals surface area contributed by atoms with E-state index in [9.17, 15) is 13.2 Å². The van der Waals surface area contributed by atoms with Gasteiger partial charge < -0.3 is 19.4 Å². The Morgan fingerprint density at radius 1 is 0.962 bits per heavy atom. The number of fused-ring (bicyclic) bond motifs is 1. The van der Waals surface area contributed by atoms with Crippen LogP contribution in [0, 0.1) is 0 Å². The number of hydrogen-bond acceptors (Lipinski definition) is 5. The van der Waals surface area contributed by atoms with Gasteiger partial charge in [0.1, 0.15) is 0 Å². The molecule has 9 heteroatoms. The summed E-state index contributed by atoms with van der Waals surface area (Å²) < 4.78 is 37.3. The monoisotopic (exact) mass is 377 g/mol. The van der Waals surface area contributed by atoms with E-state index in [-0.39, 0.29) is 17.1 Å². The zero-order chi connectivity index (χ0) is 18.9. The fourth-order valence-corrected chi connectivity index (χ4v) is 3.86. The molecule has 0 radical (unpaired) electrons. The fraction of sp³-hybridized carbons (Fsp3) is 0.235. The van der Waals surface area contributed by atoms with E-state index in [4.69, 9.17) is 9.47 Å². The third-order valence-corrected chi connectivity index (χ3v) is 5.85. The van der Waals surface area contributed by atoms with Crippen molar-refractivity contribution in [2.45, 2.75) is 11.4 Å². The number of nitrogens with zero attached hydrogens (tertiary/aromatic N) is 1. The van der Waals surface area contributed by atoms with Gasteiger partial charge >= 0.3 is 5.69 Å². The first kappa shape index (κ1) is 18.0. The molecule has 0 atom stereocenters. The smallest absolute Gasteiger partial charge is 0.323 e. The van der Waals surface area contributed by atoms with Gasteiger partial charge in [-0.15, -0.1) is 0 Å². The first-order valence-electron chi connectivity index (χ1n) is 7.74. The van der Waals surface area contributed by atoms with Crippen LogP contribution < -0.4 is 15.2 Å². The molecular formula is C17H19N3O5S. The van der Waals surface area contributed by atoms with Crippen molar-refractivity contribution in [3.63, 3.8) is 0 Å². The van der Waals surface area contributed by atoms with E-state index in [1.165, 1.54) is 37.7 Å². The SMILES string of the molecule is COc1ccc(CN(C)S(=O)(=O)c2ccc3[nH]c(=O)[nH]c3c2)cc1OC. The van der Waals surface area contributed by atoms with Gasteiger partial charge in [0.2, 0.25) is 10.0 Å². The van der Waals surface area contributed by atoms with Crippen molar-refractivity contribution in [1.29, 1.82) is 0 Å². The Morgan fingerprint density at radius 3 is 2.35 bits per heavy atom. The summed E-state index contributed by atoms with van der Waals surface area (Å²) >= 11 is 0. The Balaban J connectivity index is 1.89. The number of imidazole rings is 1. The quantitative estimate of drug-likeness (QED) is 0.680. The van der Waals surface area contributed by atoms with Crippen molar-refractivity contribution in [3.8, 4) is 11.5 Å². The number of methoxy groups -OCH3 is 2. The number of nitrogens with one attached hydrogen (secondary N) is 2. The van der Waals surface area contributed by atoms with Crippen LogP contribution in [-0.2, 0) is 16.6 Å². The molecule has 0 aliphatic heterocycles. The second-order valence-corrected chi connectivity index (χ2v) is 7.78. The van der Waals surface area contributed by atoms with Crippen LogP contribution in [-0.4, -0.2) is 44.0 Å². The van der Waals surface area contributed by atoms with Gasteiger partial charge in [-0.2, -0.15) is 4.31 Å². The molecule has 0 saturated carbocycles. The molecule has 0 saturated heterocycles. The van der Waals surface area contributed by atoms with Crippen molar-refractivity contribution >= 4 is 21.1 Å². The Morgan fingerprint density at radius 2 is 1.65 bits per heavy atom. The highest BCUT2D eigenvalue weighted by molar-refractivity contribution is 7.89. The number of benzene rings is 2. The molecule has 3 rings (SSSR count). The molecule has 2 aromatic carbocycles. The minimum Gasteiger partial charge on any atom is -0.493 e. The molecule has 0 aliphatic rings. The van der Waals surface area contributed by atoms with E-state index in [0.717, 1.165) is 5.56 Å². The number of aromatic amines is 2. The highest BCUT2D eigenvalue weighted by Gasteiger charge is 2.22. The van der Waals surface area contributed by atoms with Gasteiger partial charge in [-0.1, -0.05) is 6.07 Å². The fourth-order valence-electron chi connectivity index (χ4n) is 2.67. The normalized spacial score (nSPS) is 11.8. The lowest BCUT2D eigenvalue weighted by Gasteiger charge is -2.18. The number of hydrogen-bond donors (Lipinski definition) is 2. The number of sulfonamides is 1. The van der Waals surface area contributed by atoms with Gasteiger partial charge in [0.25, 0.3) is 0 Å². The highest BCUT2D eigenvalue weighted by atomic mass is 32.2. The van der Waals surface area contributed by atoms with Gasteiger partial charge in [0.15, 0.2) is 11.5 Å². The Labute approximate surface area is 150 Å². The molecule has 1 aromatic heterocycles. The summed E-state index contributed by atoms with van der Waals surface area (Å²) in [6, 6.07) is 9.70. The van der Waals surface area contributed by atoms with Crippen LogP contribution in [0.2, 0.25) is 0 Å². The lowest BCUT2D eigenvalue weighted by atomic mass is 10.2. The molecule has 26 heavy (non-hydrogen) atoms. The summed E-state index contributed by atoms with van der Waals surface area (Å²) in [7, 11) is 0.827. The lowest BCUT2D eigenvalue weighted by molar-refractivity contribution is 0.354. The Kier molecular flexibility index (Phi) is 4.75. The highest BCUT2D eigenvalue weighted by Crippen LogP contribution is 2.28. The van der Waals surface area contributed by atoms with Crippen LogP contribution in [0.1, 0.15) is 5.56 Å². The van der Waals surface area contributed by atoms with E-state index >= 15 is 0 Å². The molecule has 2 N–H and O–H groups in total. The maximum absolute atomic E-state index is 12.8. The summed E-state index contributed by atoms with van der Waals surface area (Å²) in [6.07, 6.45) is 0. The minimum atomic E-state index is -3.73. The Hall–Kier alpha value is -2.78. The largest absolute Gasteiger partial charge is 0.493 e. The molecule has 138 valence electrons. The molecule has 0 amide bonds. The van der Waals surface area contributed by atoms with Crippen LogP contribution >= 0.6 is 0 Å². The molecule has 1 heterocycles. The van der Waals surface area contributed by atoms with E-state index in [1.54, 1.807) is 24.3 Å². The minimum absolute atomic E-state index is 0.100. The van der Waals surface area contributed by atoms with Crippen LogP contribution in [0.25, 0.3) is 11.0 Å². The maximum Gasteiger partial charge on any atom is 0.323 e. The zero-order valence-electron chi connectivity index (χ0n) is 14.6. The number of aromatic nitrogens is 2. The van der Waals surface area contributed by atoms with Gasteiger partial charge in [0, 0.05) is 13.6 Å². The van der Waals surface area contributed by atoms with Crippen LogP contribution in [0.3, 0.4) is 0 Å². The average Bonchev–Trinajstić information content (AvgIpc) is 3.00. The topological polar surface area (TPSA) is 104 Å². The predicted octanol–water partition coefficient (Wildman–Crippen LogP) is 1.69. The Bertz CT molecular complexity index is 1100. The van der Waals surface area contributed by atoms with Crippen LogP contribution in [0.4, 0.5) is 0 Å². The van der Waals surface area contributed by atoms with E-state index in [1.807, 2.05) is 0 Å². The average molecular weight is 377 g/mol. The number of H-pyrrole nitrogens is 2. The molecule has 0 unspecified atom stereocenters. The molecule has 0 aliphatic carbocycles. The summed E-state index contributed by atoms with van der Waals surface area (Å²) in [6.45, 7) is 0.157.